The van der Waals surface area contributed by atoms with Crippen LogP contribution in [-0.4, -0.2) is 24.4 Å². The molecule has 0 aliphatic heterocycles. The summed E-state index contributed by atoms with van der Waals surface area (Å²) < 4.78 is 83.6. The number of carbonyl (C=O) groups is 1. The van der Waals surface area contributed by atoms with Gasteiger partial charge < -0.3 is 9.47 Å². The van der Waals surface area contributed by atoms with E-state index in [2.05, 4.69) is 14.5 Å². The molecular formula is C15H9F6NO3. The topological polar surface area (TPSA) is 48.4 Å². The van der Waals surface area contributed by atoms with Crippen molar-refractivity contribution in [1.82, 2.24) is 4.98 Å². The molecule has 1 heterocycles. The Hall–Kier alpha value is -2.78. The van der Waals surface area contributed by atoms with Crippen molar-refractivity contribution in [2.24, 2.45) is 0 Å². The molecule has 134 valence electrons. The summed E-state index contributed by atoms with van der Waals surface area (Å²) >= 11 is 0. The molecular weight excluding hydrogens is 356 g/mol. The number of aromatic nitrogens is 1. The average molecular weight is 365 g/mol. The van der Waals surface area contributed by atoms with Crippen molar-refractivity contribution in [3.8, 4) is 17.0 Å². The Balaban J connectivity index is 2.41. The minimum Gasteiger partial charge on any atom is -0.465 e. The largest absolute Gasteiger partial charge is 0.573 e. The molecule has 25 heavy (non-hydrogen) atoms. The first-order valence-electron chi connectivity index (χ1n) is 6.53. The highest BCUT2D eigenvalue weighted by Gasteiger charge is 2.36. The van der Waals surface area contributed by atoms with Crippen LogP contribution in [0.5, 0.6) is 5.75 Å². The second-order valence-electron chi connectivity index (χ2n) is 4.68. The Morgan fingerprint density at radius 3 is 2.12 bits per heavy atom. The summed E-state index contributed by atoms with van der Waals surface area (Å²) in [5.74, 6) is -1.74. The number of alkyl halides is 6. The third kappa shape index (κ3) is 4.61. The SMILES string of the molecule is COC(=O)c1cnc(-c2ccc(OC(F)(F)F)cc2)cc1C(F)(F)F. The Morgan fingerprint density at radius 2 is 1.64 bits per heavy atom. The summed E-state index contributed by atoms with van der Waals surface area (Å²) in [6.07, 6.45) is -9.03. The number of hydrogen-bond donors (Lipinski definition) is 0. The van der Waals surface area contributed by atoms with E-state index < -0.39 is 35.4 Å². The van der Waals surface area contributed by atoms with E-state index >= 15 is 0 Å². The number of ether oxygens (including phenoxy) is 2. The van der Waals surface area contributed by atoms with Crippen LogP contribution in [0.4, 0.5) is 26.3 Å². The third-order valence-corrected chi connectivity index (χ3v) is 3.00. The quantitative estimate of drug-likeness (QED) is 0.596. The smallest absolute Gasteiger partial charge is 0.465 e. The number of rotatable bonds is 3. The highest BCUT2D eigenvalue weighted by Crippen LogP contribution is 2.35. The Labute approximate surface area is 137 Å². The second kappa shape index (κ2) is 6.61. The van der Waals surface area contributed by atoms with Crippen LogP contribution in [-0.2, 0) is 10.9 Å². The Morgan fingerprint density at radius 1 is 1.04 bits per heavy atom. The minimum absolute atomic E-state index is 0.108. The first-order valence-corrected chi connectivity index (χ1v) is 6.53. The van der Waals surface area contributed by atoms with Gasteiger partial charge in [-0.15, -0.1) is 13.2 Å². The number of pyridine rings is 1. The monoisotopic (exact) mass is 365 g/mol. The van der Waals surface area contributed by atoms with Crippen molar-refractivity contribution in [2.45, 2.75) is 12.5 Å². The molecule has 0 aliphatic carbocycles. The number of halogens is 6. The van der Waals surface area contributed by atoms with Crippen LogP contribution in [0.3, 0.4) is 0 Å². The highest BCUT2D eigenvalue weighted by atomic mass is 19.4. The fourth-order valence-electron chi connectivity index (χ4n) is 1.95. The lowest BCUT2D eigenvalue weighted by Crippen LogP contribution is -2.17. The van der Waals surface area contributed by atoms with E-state index in [-0.39, 0.29) is 11.3 Å². The van der Waals surface area contributed by atoms with Crippen molar-refractivity contribution < 1.29 is 40.6 Å². The number of carbonyl (C=O) groups excluding carboxylic acids is 1. The van der Waals surface area contributed by atoms with E-state index in [0.29, 0.717) is 12.3 Å². The summed E-state index contributed by atoms with van der Waals surface area (Å²) in [7, 11) is 0.926. The summed E-state index contributed by atoms with van der Waals surface area (Å²) in [6.45, 7) is 0. The molecule has 0 saturated carbocycles. The molecule has 1 aromatic heterocycles. The van der Waals surface area contributed by atoms with Gasteiger partial charge >= 0.3 is 18.5 Å². The van der Waals surface area contributed by atoms with Crippen molar-refractivity contribution >= 4 is 5.97 Å². The van der Waals surface area contributed by atoms with Gasteiger partial charge in [0.2, 0.25) is 0 Å². The molecule has 0 N–H and O–H groups in total. The molecule has 2 rings (SSSR count). The first kappa shape index (κ1) is 18.6. The molecule has 10 heteroatoms. The lowest BCUT2D eigenvalue weighted by atomic mass is 10.0. The number of esters is 1. The fourth-order valence-corrected chi connectivity index (χ4v) is 1.95. The Bertz CT molecular complexity index is 768. The lowest BCUT2D eigenvalue weighted by Gasteiger charge is -2.13. The van der Waals surface area contributed by atoms with Gasteiger partial charge in [0.15, 0.2) is 0 Å². The van der Waals surface area contributed by atoms with E-state index in [1.54, 1.807) is 0 Å². The summed E-state index contributed by atoms with van der Waals surface area (Å²) in [5.41, 5.74) is -2.11. The summed E-state index contributed by atoms with van der Waals surface area (Å²) in [6, 6.07) is 4.71. The van der Waals surface area contributed by atoms with Gasteiger partial charge in [0.05, 0.1) is 23.9 Å². The van der Waals surface area contributed by atoms with Crippen molar-refractivity contribution in [1.29, 1.82) is 0 Å². The number of hydrogen-bond acceptors (Lipinski definition) is 4. The van der Waals surface area contributed by atoms with Gasteiger partial charge in [0.1, 0.15) is 5.75 Å². The maximum absolute atomic E-state index is 13.1. The lowest BCUT2D eigenvalue weighted by molar-refractivity contribution is -0.274. The molecule has 0 spiro atoms. The summed E-state index contributed by atoms with van der Waals surface area (Å²) in [4.78, 5) is 15.2. The van der Waals surface area contributed by atoms with Crippen molar-refractivity contribution in [3.63, 3.8) is 0 Å². The maximum Gasteiger partial charge on any atom is 0.573 e. The van der Waals surface area contributed by atoms with E-state index in [9.17, 15) is 31.1 Å². The fraction of sp³-hybridized carbons (Fsp3) is 0.200. The van der Waals surface area contributed by atoms with Gasteiger partial charge in [0.25, 0.3) is 0 Å². The maximum atomic E-state index is 13.1. The molecule has 0 atom stereocenters. The first-order chi connectivity index (χ1) is 11.5. The molecule has 1 aromatic carbocycles. The van der Waals surface area contributed by atoms with E-state index in [4.69, 9.17) is 0 Å². The molecule has 0 saturated heterocycles. The van der Waals surface area contributed by atoms with Crippen LogP contribution < -0.4 is 4.74 Å². The molecule has 0 aliphatic rings. The van der Waals surface area contributed by atoms with E-state index in [1.165, 1.54) is 0 Å². The van der Waals surface area contributed by atoms with Crippen LogP contribution in [0.25, 0.3) is 11.3 Å². The molecule has 0 bridgehead atoms. The number of benzene rings is 1. The van der Waals surface area contributed by atoms with Gasteiger partial charge in [-0.1, -0.05) is 0 Å². The van der Waals surface area contributed by atoms with Gasteiger partial charge in [-0.3, -0.25) is 4.98 Å². The summed E-state index contributed by atoms with van der Waals surface area (Å²) in [5, 5.41) is 0. The predicted octanol–water partition coefficient (Wildman–Crippen LogP) is 4.45. The van der Waals surface area contributed by atoms with Crippen molar-refractivity contribution in [2.75, 3.05) is 7.11 Å². The highest BCUT2D eigenvalue weighted by molar-refractivity contribution is 5.91. The van der Waals surface area contributed by atoms with Crippen LogP contribution in [0.15, 0.2) is 36.5 Å². The standard InChI is InChI=1S/C15H9F6NO3/c1-24-13(23)10-7-22-12(6-11(10)14(16,17)18)8-2-4-9(5-3-8)25-15(19,20)21/h2-7H,1H3. The van der Waals surface area contributed by atoms with Gasteiger partial charge in [-0.05, 0) is 30.3 Å². The van der Waals surface area contributed by atoms with E-state index in [1.807, 2.05) is 0 Å². The molecule has 2 aromatic rings. The third-order valence-electron chi connectivity index (χ3n) is 3.00. The molecule has 0 amide bonds. The molecule has 0 fully saturated rings. The number of methoxy groups -OCH3 is 1. The zero-order valence-electron chi connectivity index (χ0n) is 12.4. The predicted molar refractivity (Wildman–Crippen MR) is 72.7 cm³/mol. The zero-order chi connectivity index (χ0) is 18.8. The normalized spacial score (nSPS) is 12.0. The van der Waals surface area contributed by atoms with Gasteiger partial charge in [-0.25, -0.2) is 4.79 Å². The van der Waals surface area contributed by atoms with Crippen LogP contribution >= 0.6 is 0 Å². The van der Waals surface area contributed by atoms with Crippen LogP contribution in [0.2, 0.25) is 0 Å². The number of nitrogens with zero attached hydrogens (tertiary/aromatic N) is 1. The molecule has 0 radical (unpaired) electrons. The second-order valence-corrected chi connectivity index (χ2v) is 4.68. The zero-order valence-corrected chi connectivity index (χ0v) is 12.4. The average Bonchev–Trinajstić information content (AvgIpc) is 2.52. The molecule has 0 unspecified atom stereocenters. The molecule has 4 nitrogen and oxygen atoms in total. The Kier molecular flexibility index (Phi) is 4.91. The van der Waals surface area contributed by atoms with Crippen LogP contribution in [0, 0.1) is 0 Å². The van der Waals surface area contributed by atoms with Crippen molar-refractivity contribution in [3.05, 3.63) is 47.7 Å². The van der Waals surface area contributed by atoms with Crippen LogP contribution in [0.1, 0.15) is 15.9 Å². The van der Waals surface area contributed by atoms with Gasteiger partial charge in [0, 0.05) is 11.8 Å². The van der Waals surface area contributed by atoms with E-state index in [0.717, 1.165) is 31.4 Å². The van der Waals surface area contributed by atoms with Gasteiger partial charge in [-0.2, -0.15) is 13.2 Å². The minimum atomic E-state index is -4.88.